The zero-order chi connectivity index (χ0) is 16.8. The minimum atomic E-state index is -1.05. The molecule has 0 atom stereocenters. The molecule has 0 bridgehead atoms. The van der Waals surface area contributed by atoms with Gasteiger partial charge in [0.05, 0.1) is 14.2 Å². The SMILES string of the molecule is COc1ccc(OC)c(CCNC(=O)c2ccc(F)c(F)c2)c1. The number of carbonyl (C=O) groups is 1. The van der Waals surface area contributed by atoms with E-state index in [9.17, 15) is 13.6 Å². The van der Waals surface area contributed by atoms with E-state index in [-0.39, 0.29) is 5.56 Å². The van der Waals surface area contributed by atoms with Crippen molar-refractivity contribution in [3.05, 3.63) is 59.2 Å². The molecule has 6 heteroatoms. The van der Waals surface area contributed by atoms with Gasteiger partial charge in [-0.1, -0.05) is 0 Å². The molecular weight excluding hydrogens is 304 g/mol. The number of hydrogen-bond donors (Lipinski definition) is 1. The predicted molar refractivity (Wildman–Crippen MR) is 81.9 cm³/mol. The molecule has 23 heavy (non-hydrogen) atoms. The third-order valence-corrected chi connectivity index (χ3v) is 3.35. The number of nitrogens with one attached hydrogen (secondary N) is 1. The molecule has 0 saturated heterocycles. The van der Waals surface area contributed by atoms with E-state index in [2.05, 4.69) is 5.32 Å². The van der Waals surface area contributed by atoms with E-state index < -0.39 is 17.5 Å². The lowest BCUT2D eigenvalue weighted by atomic mass is 10.1. The Balaban J connectivity index is 1.99. The van der Waals surface area contributed by atoms with E-state index in [1.54, 1.807) is 26.4 Å². The lowest BCUT2D eigenvalue weighted by Gasteiger charge is -2.11. The van der Waals surface area contributed by atoms with E-state index in [1.165, 1.54) is 6.07 Å². The number of amides is 1. The Labute approximate surface area is 133 Å². The second-order valence-electron chi connectivity index (χ2n) is 4.81. The standard InChI is InChI=1S/C17H17F2NO3/c1-22-13-4-6-16(23-2)11(9-13)7-8-20-17(21)12-3-5-14(18)15(19)10-12/h3-6,9-10H,7-8H2,1-2H3,(H,20,21). The molecule has 0 aliphatic rings. The highest BCUT2D eigenvalue weighted by Gasteiger charge is 2.10. The van der Waals surface area contributed by atoms with E-state index in [4.69, 9.17) is 9.47 Å². The summed E-state index contributed by atoms with van der Waals surface area (Å²) in [6.45, 7) is 0.321. The minimum absolute atomic E-state index is 0.0708. The highest BCUT2D eigenvalue weighted by molar-refractivity contribution is 5.94. The van der Waals surface area contributed by atoms with Crippen LogP contribution in [-0.2, 0) is 6.42 Å². The van der Waals surface area contributed by atoms with E-state index >= 15 is 0 Å². The third-order valence-electron chi connectivity index (χ3n) is 3.35. The van der Waals surface area contributed by atoms with Gasteiger partial charge in [0.25, 0.3) is 5.91 Å². The van der Waals surface area contributed by atoms with Gasteiger partial charge in [-0.3, -0.25) is 4.79 Å². The molecule has 2 rings (SSSR count). The van der Waals surface area contributed by atoms with Gasteiger partial charge >= 0.3 is 0 Å². The molecule has 1 N–H and O–H groups in total. The molecule has 4 nitrogen and oxygen atoms in total. The molecule has 0 saturated carbocycles. The van der Waals surface area contributed by atoms with Crippen LogP contribution in [0.5, 0.6) is 11.5 Å². The number of hydrogen-bond acceptors (Lipinski definition) is 3. The van der Waals surface area contributed by atoms with E-state index in [1.807, 2.05) is 6.07 Å². The lowest BCUT2D eigenvalue weighted by molar-refractivity contribution is 0.0953. The number of carbonyl (C=O) groups excluding carboxylic acids is 1. The third kappa shape index (κ3) is 4.18. The summed E-state index contributed by atoms with van der Waals surface area (Å²) in [6.07, 6.45) is 0.510. The highest BCUT2D eigenvalue weighted by Crippen LogP contribution is 2.24. The van der Waals surface area contributed by atoms with Gasteiger partial charge in [-0.15, -0.1) is 0 Å². The number of halogens is 2. The highest BCUT2D eigenvalue weighted by atomic mass is 19.2. The van der Waals surface area contributed by atoms with Gasteiger partial charge in [0.2, 0.25) is 0 Å². The van der Waals surface area contributed by atoms with Crippen LogP contribution in [0.2, 0.25) is 0 Å². The van der Waals surface area contributed by atoms with Crippen LogP contribution in [0.3, 0.4) is 0 Å². The zero-order valence-electron chi connectivity index (χ0n) is 12.9. The van der Waals surface area contributed by atoms with Crippen LogP contribution < -0.4 is 14.8 Å². The maximum Gasteiger partial charge on any atom is 0.251 e. The van der Waals surface area contributed by atoms with Crippen LogP contribution in [0.25, 0.3) is 0 Å². The zero-order valence-corrected chi connectivity index (χ0v) is 12.9. The van der Waals surface area contributed by atoms with Crippen molar-refractivity contribution in [1.82, 2.24) is 5.32 Å². The summed E-state index contributed by atoms with van der Waals surface area (Å²) < 4.78 is 36.4. The van der Waals surface area contributed by atoms with Crippen molar-refractivity contribution in [3.63, 3.8) is 0 Å². The summed E-state index contributed by atoms with van der Waals surface area (Å²) in [5.41, 5.74) is 0.943. The van der Waals surface area contributed by atoms with Crippen LogP contribution in [0.4, 0.5) is 8.78 Å². The Bertz CT molecular complexity index is 704. The van der Waals surface area contributed by atoms with Crippen molar-refractivity contribution in [1.29, 1.82) is 0 Å². The first-order chi connectivity index (χ1) is 11.0. The molecule has 0 fully saturated rings. The molecule has 2 aromatic carbocycles. The van der Waals surface area contributed by atoms with Crippen LogP contribution in [-0.4, -0.2) is 26.7 Å². The second kappa shape index (κ2) is 7.58. The van der Waals surface area contributed by atoms with Gasteiger partial charge in [-0.2, -0.15) is 0 Å². The van der Waals surface area contributed by atoms with Crippen molar-refractivity contribution in [3.8, 4) is 11.5 Å². The number of rotatable bonds is 6. The quantitative estimate of drug-likeness (QED) is 0.890. The van der Waals surface area contributed by atoms with Gasteiger partial charge in [0.15, 0.2) is 11.6 Å². The summed E-state index contributed by atoms with van der Waals surface area (Å²) in [7, 11) is 3.13. The smallest absolute Gasteiger partial charge is 0.251 e. The van der Waals surface area contributed by atoms with Gasteiger partial charge < -0.3 is 14.8 Å². The minimum Gasteiger partial charge on any atom is -0.497 e. The summed E-state index contributed by atoms with van der Waals surface area (Å²) in [6, 6.07) is 8.42. The van der Waals surface area contributed by atoms with Crippen LogP contribution in [0, 0.1) is 11.6 Å². The maximum atomic E-state index is 13.1. The number of methoxy groups -OCH3 is 2. The average Bonchev–Trinajstić information content (AvgIpc) is 2.57. The Morgan fingerprint density at radius 2 is 1.83 bits per heavy atom. The number of benzene rings is 2. The fourth-order valence-corrected chi connectivity index (χ4v) is 2.13. The van der Waals surface area contributed by atoms with Crippen molar-refractivity contribution in [2.75, 3.05) is 20.8 Å². The lowest BCUT2D eigenvalue weighted by Crippen LogP contribution is -2.26. The molecular formula is C17H17F2NO3. The molecule has 122 valence electrons. The summed E-state index contributed by atoms with van der Waals surface area (Å²) >= 11 is 0. The monoisotopic (exact) mass is 321 g/mol. The van der Waals surface area contributed by atoms with Crippen LogP contribution in [0.1, 0.15) is 15.9 Å². The van der Waals surface area contributed by atoms with Gasteiger partial charge in [0, 0.05) is 12.1 Å². The van der Waals surface area contributed by atoms with Crippen molar-refractivity contribution in [2.24, 2.45) is 0 Å². The maximum absolute atomic E-state index is 13.1. The predicted octanol–water partition coefficient (Wildman–Crippen LogP) is 2.95. The first kappa shape index (κ1) is 16.7. The van der Waals surface area contributed by atoms with Gasteiger partial charge in [-0.25, -0.2) is 8.78 Å². The normalized spacial score (nSPS) is 10.3. The van der Waals surface area contributed by atoms with Crippen LogP contribution >= 0.6 is 0 Å². The molecule has 0 radical (unpaired) electrons. The Morgan fingerprint density at radius 1 is 1.04 bits per heavy atom. The van der Waals surface area contributed by atoms with E-state index in [0.717, 1.165) is 17.7 Å². The Hall–Kier alpha value is -2.63. The Morgan fingerprint density at radius 3 is 2.48 bits per heavy atom. The molecule has 0 aliphatic heterocycles. The van der Waals surface area contributed by atoms with Crippen LogP contribution in [0.15, 0.2) is 36.4 Å². The molecule has 0 aromatic heterocycles. The first-order valence-corrected chi connectivity index (χ1v) is 6.99. The molecule has 0 heterocycles. The summed E-state index contributed by atoms with van der Waals surface area (Å²) in [5, 5.41) is 2.66. The van der Waals surface area contributed by atoms with E-state index in [0.29, 0.717) is 24.5 Å². The second-order valence-corrected chi connectivity index (χ2v) is 4.81. The van der Waals surface area contributed by atoms with Crippen molar-refractivity contribution >= 4 is 5.91 Å². The molecule has 0 unspecified atom stereocenters. The fraction of sp³-hybridized carbons (Fsp3) is 0.235. The van der Waals surface area contributed by atoms with Gasteiger partial charge in [0.1, 0.15) is 11.5 Å². The molecule has 0 spiro atoms. The van der Waals surface area contributed by atoms with Crippen molar-refractivity contribution in [2.45, 2.75) is 6.42 Å². The average molecular weight is 321 g/mol. The largest absolute Gasteiger partial charge is 0.497 e. The molecule has 2 aromatic rings. The topological polar surface area (TPSA) is 47.6 Å². The molecule has 0 aliphatic carbocycles. The number of ether oxygens (including phenoxy) is 2. The fourth-order valence-electron chi connectivity index (χ4n) is 2.13. The summed E-state index contributed by atoms with van der Waals surface area (Å²) in [4.78, 5) is 11.9. The van der Waals surface area contributed by atoms with Gasteiger partial charge in [-0.05, 0) is 48.4 Å². The Kier molecular flexibility index (Phi) is 5.51. The van der Waals surface area contributed by atoms with Crippen molar-refractivity contribution < 1.29 is 23.0 Å². The summed E-state index contributed by atoms with van der Waals surface area (Å²) in [5.74, 6) is -1.12. The first-order valence-electron chi connectivity index (χ1n) is 6.99. The molecule has 1 amide bonds.